The molecule has 1 rings (SSSR count). The van der Waals surface area contributed by atoms with E-state index in [1.54, 1.807) is 13.2 Å². The minimum absolute atomic E-state index is 0.145. The molecule has 3 heteroatoms. The fourth-order valence-corrected chi connectivity index (χ4v) is 2.17. The average Bonchev–Trinajstić information content (AvgIpc) is 2.39. The van der Waals surface area contributed by atoms with Crippen LogP contribution in [0.4, 0.5) is 4.39 Å². The van der Waals surface area contributed by atoms with E-state index in [2.05, 4.69) is 19.2 Å². The number of rotatable bonds is 8. The van der Waals surface area contributed by atoms with E-state index < -0.39 is 0 Å². The number of aryl methyl sites for hydroxylation is 1. The molecule has 0 heterocycles. The first-order valence-corrected chi connectivity index (χ1v) is 6.95. The molecule has 1 aromatic carbocycles. The van der Waals surface area contributed by atoms with Crippen LogP contribution in [0.2, 0.25) is 0 Å². The summed E-state index contributed by atoms with van der Waals surface area (Å²) in [5, 5.41) is 3.41. The maximum absolute atomic E-state index is 13.3. The molecule has 1 N–H and O–H groups in total. The quantitative estimate of drug-likeness (QED) is 0.729. The van der Waals surface area contributed by atoms with Gasteiger partial charge in [0.1, 0.15) is 5.82 Å². The van der Waals surface area contributed by atoms with Gasteiger partial charge in [-0.2, -0.15) is 0 Å². The van der Waals surface area contributed by atoms with Crippen LogP contribution in [-0.2, 0) is 11.2 Å². The van der Waals surface area contributed by atoms with E-state index in [1.807, 2.05) is 13.0 Å². The first kappa shape index (κ1) is 16.1. The van der Waals surface area contributed by atoms with Gasteiger partial charge in [-0.3, -0.25) is 0 Å². The van der Waals surface area contributed by atoms with Crippen molar-refractivity contribution in [3.05, 3.63) is 35.1 Å². The van der Waals surface area contributed by atoms with E-state index in [-0.39, 0.29) is 11.2 Å². The van der Waals surface area contributed by atoms with Crippen LogP contribution < -0.4 is 5.32 Å². The minimum Gasteiger partial charge on any atom is -0.383 e. The zero-order valence-corrected chi connectivity index (χ0v) is 12.6. The molecule has 0 amide bonds. The number of benzene rings is 1. The van der Waals surface area contributed by atoms with E-state index in [0.29, 0.717) is 0 Å². The first-order chi connectivity index (χ1) is 9.00. The molecule has 0 fully saturated rings. The molecule has 1 unspecified atom stereocenters. The third-order valence-electron chi connectivity index (χ3n) is 3.82. The van der Waals surface area contributed by atoms with Crippen LogP contribution in [0.3, 0.4) is 0 Å². The van der Waals surface area contributed by atoms with Crippen LogP contribution in [0.25, 0.3) is 0 Å². The van der Waals surface area contributed by atoms with Crippen molar-refractivity contribution in [1.29, 1.82) is 0 Å². The van der Waals surface area contributed by atoms with Gasteiger partial charge in [-0.05, 0) is 48.4 Å². The molecular formula is C16H26FNO. The molecule has 0 bridgehead atoms. The number of methoxy groups -OCH3 is 1. The van der Waals surface area contributed by atoms with Crippen LogP contribution in [0.15, 0.2) is 18.2 Å². The lowest BCUT2D eigenvalue weighted by atomic mass is 9.80. The van der Waals surface area contributed by atoms with Gasteiger partial charge in [-0.15, -0.1) is 0 Å². The summed E-state index contributed by atoms with van der Waals surface area (Å²) in [5.74, 6) is -0.147. The van der Waals surface area contributed by atoms with Crippen molar-refractivity contribution in [2.45, 2.75) is 33.6 Å². The van der Waals surface area contributed by atoms with Gasteiger partial charge in [-0.1, -0.05) is 19.9 Å². The molecule has 0 radical (unpaired) electrons. The summed E-state index contributed by atoms with van der Waals surface area (Å²) in [6.45, 7) is 8.98. The Labute approximate surface area is 116 Å². The van der Waals surface area contributed by atoms with Gasteiger partial charge >= 0.3 is 0 Å². The van der Waals surface area contributed by atoms with Crippen molar-refractivity contribution >= 4 is 0 Å². The van der Waals surface area contributed by atoms with Crippen molar-refractivity contribution in [1.82, 2.24) is 5.32 Å². The van der Waals surface area contributed by atoms with E-state index in [4.69, 9.17) is 4.74 Å². The van der Waals surface area contributed by atoms with Crippen LogP contribution in [0.5, 0.6) is 0 Å². The molecule has 0 saturated carbocycles. The largest absolute Gasteiger partial charge is 0.383 e. The van der Waals surface area contributed by atoms with Crippen LogP contribution >= 0.6 is 0 Å². The van der Waals surface area contributed by atoms with Crippen LogP contribution in [0.1, 0.15) is 31.4 Å². The highest BCUT2D eigenvalue weighted by atomic mass is 19.1. The maximum atomic E-state index is 13.3. The number of halogens is 1. The molecule has 0 aliphatic heterocycles. The number of hydrogen-bond donors (Lipinski definition) is 1. The Balaban J connectivity index is 2.66. The molecule has 1 atom stereocenters. The number of ether oxygens (including phenoxy) is 1. The predicted octanol–water partition coefficient (Wildman–Crippen LogP) is 3.33. The predicted molar refractivity (Wildman–Crippen MR) is 78.0 cm³/mol. The van der Waals surface area contributed by atoms with Gasteiger partial charge in [0.05, 0.1) is 6.61 Å². The Morgan fingerprint density at radius 3 is 2.74 bits per heavy atom. The fourth-order valence-electron chi connectivity index (χ4n) is 2.17. The summed E-state index contributed by atoms with van der Waals surface area (Å²) in [5.41, 5.74) is 2.42. The van der Waals surface area contributed by atoms with Crippen molar-refractivity contribution < 1.29 is 9.13 Å². The zero-order chi connectivity index (χ0) is 14.3. The summed E-state index contributed by atoms with van der Waals surface area (Å²) in [7, 11) is 1.71. The van der Waals surface area contributed by atoms with E-state index in [1.165, 1.54) is 6.07 Å². The Hall–Kier alpha value is -0.930. The summed E-state index contributed by atoms with van der Waals surface area (Å²) >= 11 is 0. The van der Waals surface area contributed by atoms with Gasteiger partial charge < -0.3 is 10.1 Å². The molecule has 2 nitrogen and oxygen atoms in total. The second-order valence-corrected chi connectivity index (χ2v) is 5.58. The summed E-state index contributed by atoms with van der Waals surface area (Å²) in [6.07, 6.45) is 1.95. The standard InChI is InChI=1S/C16H26FNO/c1-5-16(3,12-18-8-9-19-4)11-14-10-15(17)7-6-13(14)2/h6-7,10,18H,5,8-9,11-12H2,1-4H3. The lowest BCUT2D eigenvalue weighted by Gasteiger charge is -2.29. The van der Waals surface area contributed by atoms with E-state index in [0.717, 1.165) is 43.7 Å². The normalized spacial score (nSPS) is 14.4. The summed E-state index contributed by atoms with van der Waals surface area (Å²) < 4.78 is 18.4. The van der Waals surface area contributed by atoms with Gasteiger partial charge in [0.15, 0.2) is 0 Å². The summed E-state index contributed by atoms with van der Waals surface area (Å²) in [6, 6.07) is 5.05. The minimum atomic E-state index is -0.147. The number of hydrogen-bond acceptors (Lipinski definition) is 2. The third kappa shape index (κ3) is 5.29. The fraction of sp³-hybridized carbons (Fsp3) is 0.625. The molecule has 0 aromatic heterocycles. The molecule has 19 heavy (non-hydrogen) atoms. The smallest absolute Gasteiger partial charge is 0.123 e. The summed E-state index contributed by atoms with van der Waals surface area (Å²) in [4.78, 5) is 0. The molecule has 0 saturated heterocycles. The first-order valence-electron chi connectivity index (χ1n) is 6.95. The topological polar surface area (TPSA) is 21.3 Å². The average molecular weight is 267 g/mol. The molecular weight excluding hydrogens is 241 g/mol. The van der Waals surface area contributed by atoms with Gasteiger partial charge in [0, 0.05) is 20.2 Å². The van der Waals surface area contributed by atoms with Crippen molar-refractivity contribution in [2.75, 3.05) is 26.8 Å². The molecule has 1 aromatic rings. The second-order valence-electron chi connectivity index (χ2n) is 5.58. The highest BCUT2D eigenvalue weighted by Crippen LogP contribution is 2.27. The Bertz CT molecular complexity index is 394. The molecule has 0 spiro atoms. The van der Waals surface area contributed by atoms with Gasteiger partial charge in [0.25, 0.3) is 0 Å². The van der Waals surface area contributed by atoms with E-state index >= 15 is 0 Å². The second kappa shape index (κ2) is 7.61. The molecule has 0 aliphatic rings. The van der Waals surface area contributed by atoms with Crippen molar-refractivity contribution in [2.24, 2.45) is 5.41 Å². The molecule has 108 valence electrons. The lowest BCUT2D eigenvalue weighted by molar-refractivity contribution is 0.191. The SMILES string of the molecule is CCC(C)(CNCCOC)Cc1cc(F)ccc1C. The van der Waals surface area contributed by atoms with Crippen molar-refractivity contribution in [3.63, 3.8) is 0 Å². The Morgan fingerprint density at radius 1 is 1.37 bits per heavy atom. The third-order valence-corrected chi connectivity index (χ3v) is 3.82. The monoisotopic (exact) mass is 267 g/mol. The van der Waals surface area contributed by atoms with Gasteiger partial charge in [0.2, 0.25) is 0 Å². The van der Waals surface area contributed by atoms with Crippen LogP contribution in [-0.4, -0.2) is 26.8 Å². The van der Waals surface area contributed by atoms with Crippen molar-refractivity contribution in [3.8, 4) is 0 Å². The lowest BCUT2D eigenvalue weighted by Crippen LogP contribution is -2.35. The highest BCUT2D eigenvalue weighted by Gasteiger charge is 2.23. The Morgan fingerprint density at radius 2 is 2.11 bits per heavy atom. The highest BCUT2D eigenvalue weighted by molar-refractivity contribution is 5.27. The van der Waals surface area contributed by atoms with E-state index in [9.17, 15) is 4.39 Å². The van der Waals surface area contributed by atoms with Gasteiger partial charge in [-0.25, -0.2) is 4.39 Å². The number of nitrogens with one attached hydrogen (secondary N) is 1. The Kier molecular flexibility index (Phi) is 6.46. The zero-order valence-electron chi connectivity index (χ0n) is 12.6. The molecule has 0 aliphatic carbocycles. The maximum Gasteiger partial charge on any atom is 0.123 e. The van der Waals surface area contributed by atoms with Crippen LogP contribution in [0, 0.1) is 18.2 Å².